The lowest BCUT2D eigenvalue weighted by Crippen LogP contribution is -2.30. The number of nitrogens with zero attached hydrogens (tertiary/aromatic N) is 3. The first-order chi connectivity index (χ1) is 10.1. The van der Waals surface area contributed by atoms with Gasteiger partial charge in [-0.3, -0.25) is 0 Å². The van der Waals surface area contributed by atoms with Crippen molar-refractivity contribution in [3.8, 4) is 0 Å². The van der Waals surface area contributed by atoms with Crippen LogP contribution in [-0.4, -0.2) is 49.4 Å². The van der Waals surface area contributed by atoms with Crippen molar-refractivity contribution < 1.29 is 4.74 Å². The van der Waals surface area contributed by atoms with E-state index in [9.17, 15) is 0 Å². The molecule has 1 aliphatic carbocycles. The van der Waals surface area contributed by atoms with E-state index in [0.29, 0.717) is 12.1 Å². The number of ether oxygens (including phenoxy) is 1. The van der Waals surface area contributed by atoms with Crippen LogP contribution in [0.15, 0.2) is 12.3 Å². The summed E-state index contributed by atoms with van der Waals surface area (Å²) in [6, 6.07) is 2.27. The lowest BCUT2D eigenvalue weighted by Gasteiger charge is -2.26. The maximum atomic E-state index is 5.89. The highest BCUT2D eigenvalue weighted by molar-refractivity contribution is 5.40. The van der Waals surface area contributed by atoms with Gasteiger partial charge in [0.1, 0.15) is 5.82 Å². The summed E-state index contributed by atoms with van der Waals surface area (Å²) in [6.07, 6.45) is 7.55. The quantitative estimate of drug-likeness (QED) is 0.744. The van der Waals surface area contributed by atoms with E-state index in [1.807, 2.05) is 25.1 Å². The zero-order valence-corrected chi connectivity index (χ0v) is 13.1. The van der Waals surface area contributed by atoms with Crippen LogP contribution >= 0.6 is 0 Å². The molecule has 0 amide bonds. The molecule has 0 unspecified atom stereocenters. The first-order valence-electron chi connectivity index (χ1n) is 7.76. The number of nitrogens with one attached hydrogen (secondary N) is 1. The van der Waals surface area contributed by atoms with Gasteiger partial charge in [-0.15, -0.1) is 0 Å². The Hall–Kier alpha value is -1.40. The third-order valence-corrected chi connectivity index (χ3v) is 3.74. The van der Waals surface area contributed by atoms with Crippen molar-refractivity contribution in [3.63, 3.8) is 0 Å². The standard InChI is InChI=1S/C15H27N5O/c1-20(2)15-18-10-8-14(19-15)17-9-3-11-21-13-6-4-12(16)5-7-13/h8,10,12-13H,3-7,9,11,16H2,1-2H3,(H,17,18,19). The van der Waals surface area contributed by atoms with Crippen LogP contribution in [-0.2, 0) is 4.74 Å². The molecule has 0 aromatic carbocycles. The Balaban J connectivity index is 1.60. The van der Waals surface area contributed by atoms with Crippen LogP contribution in [0.3, 0.4) is 0 Å². The fraction of sp³-hybridized carbons (Fsp3) is 0.733. The van der Waals surface area contributed by atoms with Crippen LogP contribution in [0.4, 0.5) is 11.8 Å². The maximum Gasteiger partial charge on any atom is 0.226 e. The molecule has 1 heterocycles. The second-order valence-electron chi connectivity index (χ2n) is 5.82. The number of nitrogens with two attached hydrogens (primary N) is 1. The van der Waals surface area contributed by atoms with Crippen LogP contribution in [0.1, 0.15) is 32.1 Å². The van der Waals surface area contributed by atoms with Crippen LogP contribution in [0.5, 0.6) is 0 Å². The van der Waals surface area contributed by atoms with E-state index >= 15 is 0 Å². The first-order valence-corrected chi connectivity index (χ1v) is 7.76. The Kier molecular flexibility index (Phi) is 6.20. The molecule has 1 saturated carbocycles. The van der Waals surface area contributed by atoms with Gasteiger partial charge in [0.2, 0.25) is 5.95 Å². The Morgan fingerprint density at radius 3 is 2.81 bits per heavy atom. The lowest BCUT2D eigenvalue weighted by molar-refractivity contribution is 0.0251. The molecule has 0 aliphatic heterocycles. The van der Waals surface area contributed by atoms with Crippen LogP contribution in [0.2, 0.25) is 0 Å². The molecule has 2 rings (SSSR count). The minimum Gasteiger partial charge on any atom is -0.378 e. The number of rotatable bonds is 7. The van der Waals surface area contributed by atoms with Gasteiger partial charge in [-0.05, 0) is 38.2 Å². The number of anilines is 2. The van der Waals surface area contributed by atoms with Crippen LogP contribution in [0, 0.1) is 0 Å². The third-order valence-electron chi connectivity index (χ3n) is 3.74. The van der Waals surface area contributed by atoms with Crippen molar-refractivity contribution in [2.75, 3.05) is 37.5 Å². The van der Waals surface area contributed by atoms with E-state index in [4.69, 9.17) is 10.5 Å². The van der Waals surface area contributed by atoms with E-state index in [0.717, 1.165) is 57.0 Å². The molecule has 1 fully saturated rings. The van der Waals surface area contributed by atoms with E-state index in [-0.39, 0.29) is 0 Å². The average molecular weight is 293 g/mol. The van der Waals surface area contributed by atoms with Crippen molar-refractivity contribution in [3.05, 3.63) is 12.3 Å². The second-order valence-corrected chi connectivity index (χ2v) is 5.82. The van der Waals surface area contributed by atoms with Gasteiger partial charge in [0, 0.05) is 39.5 Å². The molecule has 1 aromatic rings. The van der Waals surface area contributed by atoms with E-state index < -0.39 is 0 Å². The summed E-state index contributed by atoms with van der Waals surface area (Å²) in [5.74, 6) is 1.58. The molecule has 118 valence electrons. The van der Waals surface area contributed by atoms with Crippen LogP contribution in [0.25, 0.3) is 0 Å². The third kappa shape index (κ3) is 5.47. The van der Waals surface area contributed by atoms with Crippen molar-refractivity contribution in [2.45, 2.75) is 44.2 Å². The molecule has 21 heavy (non-hydrogen) atoms. The molecule has 0 atom stereocenters. The fourth-order valence-corrected chi connectivity index (χ4v) is 2.46. The summed E-state index contributed by atoms with van der Waals surface area (Å²) in [4.78, 5) is 10.5. The van der Waals surface area contributed by atoms with E-state index in [1.165, 1.54) is 0 Å². The van der Waals surface area contributed by atoms with Gasteiger partial charge in [0.05, 0.1) is 6.10 Å². The summed E-state index contributed by atoms with van der Waals surface area (Å²) in [5.41, 5.74) is 5.89. The lowest BCUT2D eigenvalue weighted by atomic mass is 9.94. The summed E-state index contributed by atoms with van der Waals surface area (Å²) >= 11 is 0. The number of hydrogen-bond acceptors (Lipinski definition) is 6. The number of hydrogen-bond donors (Lipinski definition) is 2. The molecular formula is C15H27N5O. The zero-order valence-electron chi connectivity index (χ0n) is 13.1. The van der Waals surface area contributed by atoms with Gasteiger partial charge in [0.15, 0.2) is 0 Å². The van der Waals surface area contributed by atoms with Gasteiger partial charge in [-0.25, -0.2) is 4.98 Å². The van der Waals surface area contributed by atoms with Gasteiger partial charge in [-0.2, -0.15) is 4.98 Å². The topological polar surface area (TPSA) is 76.3 Å². The van der Waals surface area contributed by atoms with Gasteiger partial charge in [-0.1, -0.05) is 0 Å². The Bertz CT molecular complexity index is 418. The summed E-state index contributed by atoms with van der Waals surface area (Å²) in [6.45, 7) is 1.65. The molecular weight excluding hydrogens is 266 g/mol. The highest BCUT2D eigenvalue weighted by Crippen LogP contribution is 2.19. The van der Waals surface area contributed by atoms with Crippen molar-refractivity contribution in [1.82, 2.24) is 9.97 Å². The van der Waals surface area contributed by atoms with Gasteiger partial charge < -0.3 is 20.7 Å². The Morgan fingerprint density at radius 2 is 2.10 bits per heavy atom. The minimum atomic E-state index is 0.384. The zero-order chi connectivity index (χ0) is 15.1. The molecule has 1 aromatic heterocycles. The predicted molar refractivity (Wildman–Crippen MR) is 85.6 cm³/mol. The molecule has 0 spiro atoms. The average Bonchev–Trinajstić information content (AvgIpc) is 2.49. The molecule has 0 bridgehead atoms. The van der Waals surface area contributed by atoms with Gasteiger partial charge >= 0.3 is 0 Å². The maximum absolute atomic E-state index is 5.89. The predicted octanol–water partition coefficient (Wildman–Crippen LogP) is 1.63. The number of aromatic nitrogens is 2. The Morgan fingerprint density at radius 1 is 1.33 bits per heavy atom. The summed E-state index contributed by atoms with van der Waals surface area (Å²) in [5, 5.41) is 3.31. The molecule has 0 saturated heterocycles. The normalized spacial score (nSPS) is 22.0. The summed E-state index contributed by atoms with van der Waals surface area (Å²) < 4.78 is 5.89. The highest BCUT2D eigenvalue weighted by atomic mass is 16.5. The molecule has 6 heteroatoms. The smallest absolute Gasteiger partial charge is 0.226 e. The second kappa shape index (κ2) is 8.14. The van der Waals surface area contributed by atoms with E-state index in [2.05, 4.69) is 15.3 Å². The van der Waals surface area contributed by atoms with Crippen LogP contribution < -0.4 is 16.0 Å². The Labute approximate surface area is 127 Å². The SMILES string of the molecule is CN(C)c1nccc(NCCCOC2CCC(N)CC2)n1. The summed E-state index contributed by atoms with van der Waals surface area (Å²) in [7, 11) is 3.87. The van der Waals surface area contributed by atoms with E-state index in [1.54, 1.807) is 6.20 Å². The molecule has 0 radical (unpaired) electrons. The first kappa shape index (κ1) is 16.0. The fourth-order valence-electron chi connectivity index (χ4n) is 2.46. The molecule has 3 N–H and O–H groups in total. The van der Waals surface area contributed by atoms with Crippen molar-refractivity contribution in [1.29, 1.82) is 0 Å². The largest absolute Gasteiger partial charge is 0.378 e. The van der Waals surface area contributed by atoms with Crippen molar-refractivity contribution in [2.24, 2.45) is 5.73 Å². The van der Waals surface area contributed by atoms with Crippen molar-refractivity contribution >= 4 is 11.8 Å². The minimum absolute atomic E-state index is 0.384. The molecule has 1 aliphatic rings. The monoisotopic (exact) mass is 293 g/mol. The molecule has 6 nitrogen and oxygen atoms in total. The van der Waals surface area contributed by atoms with Gasteiger partial charge in [0.25, 0.3) is 0 Å². The highest BCUT2D eigenvalue weighted by Gasteiger charge is 2.18.